The summed E-state index contributed by atoms with van der Waals surface area (Å²) in [6.07, 6.45) is -4.42. The molecule has 5 nitrogen and oxygen atoms in total. The van der Waals surface area contributed by atoms with Crippen LogP contribution in [0.5, 0.6) is 11.5 Å². The minimum absolute atomic E-state index is 0.0116. The molecular formula is C23H25F3N2O3. The van der Waals surface area contributed by atoms with E-state index in [1.807, 2.05) is 32.9 Å². The van der Waals surface area contributed by atoms with E-state index in [1.54, 1.807) is 6.07 Å². The van der Waals surface area contributed by atoms with Crippen LogP contribution in [-0.2, 0) is 6.18 Å². The number of halogens is 3. The third kappa shape index (κ3) is 7.45. The van der Waals surface area contributed by atoms with Crippen molar-refractivity contribution in [2.45, 2.75) is 33.0 Å². The Kier molecular flexibility index (Phi) is 8.62. The van der Waals surface area contributed by atoms with E-state index in [0.717, 1.165) is 17.7 Å². The molecule has 0 aliphatic heterocycles. The van der Waals surface area contributed by atoms with Crippen molar-refractivity contribution in [3.63, 3.8) is 0 Å². The van der Waals surface area contributed by atoms with Crippen molar-refractivity contribution in [2.24, 2.45) is 0 Å². The zero-order chi connectivity index (χ0) is 22.9. The fourth-order valence-corrected chi connectivity index (χ4v) is 2.71. The number of hydrogen-bond donors (Lipinski definition) is 2. The lowest BCUT2D eigenvalue weighted by Crippen LogP contribution is -2.37. The molecule has 2 amide bonds. The largest absolute Gasteiger partial charge is 0.490 e. The highest BCUT2D eigenvalue weighted by Gasteiger charge is 2.30. The van der Waals surface area contributed by atoms with Crippen LogP contribution in [-0.4, -0.2) is 25.8 Å². The van der Waals surface area contributed by atoms with Gasteiger partial charge in [-0.05, 0) is 56.7 Å². The van der Waals surface area contributed by atoms with E-state index < -0.39 is 17.8 Å². The fraction of sp³-hybridized carbons (Fsp3) is 0.348. The third-order valence-electron chi connectivity index (χ3n) is 4.18. The SMILES string of the molecule is CCOc1ccc(C(C)NC(=O)NCC#Cc2cccc(C(F)(F)F)c2)cc1OCC. The summed E-state index contributed by atoms with van der Waals surface area (Å²) in [6.45, 7) is 6.56. The Hall–Kier alpha value is -3.34. The van der Waals surface area contributed by atoms with Gasteiger partial charge in [-0.3, -0.25) is 0 Å². The fourth-order valence-electron chi connectivity index (χ4n) is 2.71. The number of benzene rings is 2. The summed E-state index contributed by atoms with van der Waals surface area (Å²) in [4.78, 5) is 12.1. The maximum absolute atomic E-state index is 12.7. The van der Waals surface area contributed by atoms with Crippen LogP contribution in [0.15, 0.2) is 42.5 Å². The van der Waals surface area contributed by atoms with E-state index in [-0.39, 0.29) is 18.2 Å². The maximum Gasteiger partial charge on any atom is 0.416 e. The number of hydrogen-bond acceptors (Lipinski definition) is 3. The van der Waals surface area contributed by atoms with E-state index >= 15 is 0 Å². The topological polar surface area (TPSA) is 59.6 Å². The Morgan fingerprint density at radius 3 is 2.45 bits per heavy atom. The van der Waals surface area contributed by atoms with Gasteiger partial charge in [-0.25, -0.2) is 4.79 Å². The molecule has 0 aromatic heterocycles. The summed E-state index contributed by atoms with van der Waals surface area (Å²) in [5.74, 6) is 6.49. The van der Waals surface area contributed by atoms with E-state index in [9.17, 15) is 18.0 Å². The van der Waals surface area contributed by atoms with Crippen LogP contribution < -0.4 is 20.1 Å². The van der Waals surface area contributed by atoms with E-state index in [2.05, 4.69) is 22.5 Å². The molecule has 2 rings (SSSR count). The molecule has 0 saturated heterocycles. The Morgan fingerprint density at radius 1 is 1.06 bits per heavy atom. The monoisotopic (exact) mass is 434 g/mol. The minimum atomic E-state index is -4.42. The molecule has 0 fully saturated rings. The molecule has 0 bridgehead atoms. The van der Waals surface area contributed by atoms with Crippen LogP contribution in [0.3, 0.4) is 0 Å². The molecule has 0 aliphatic carbocycles. The summed E-state index contributed by atoms with van der Waals surface area (Å²) in [6, 6.07) is 9.41. The second-order valence-electron chi connectivity index (χ2n) is 6.50. The van der Waals surface area contributed by atoms with Gasteiger partial charge in [-0.15, -0.1) is 0 Å². The van der Waals surface area contributed by atoms with Crippen LogP contribution in [0, 0.1) is 11.8 Å². The van der Waals surface area contributed by atoms with Crippen LogP contribution in [0.2, 0.25) is 0 Å². The highest BCUT2D eigenvalue weighted by atomic mass is 19.4. The van der Waals surface area contributed by atoms with Crippen molar-refractivity contribution in [2.75, 3.05) is 19.8 Å². The Morgan fingerprint density at radius 2 is 1.77 bits per heavy atom. The van der Waals surface area contributed by atoms with Gasteiger partial charge in [0.05, 0.1) is 31.4 Å². The van der Waals surface area contributed by atoms with Gasteiger partial charge < -0.3 is 20.1 Å². The zero-order valence-electron chi connectivity index (χ0n) is 17.6. The predicted molar refractivity (Wildman–Crippen MR) is 112 cm³/mol. The Bertz CT molecular complexity index is 949. The average Bonchev–Trinajstić information content (AvgIpc) is 2.72. The summed E-state index contributed by atoms with van der Waals surface area (Å²) >= 11 is 0. The summed E-state index contributed by atoms with van der Waals surface area (Å²) in [5, 5.41) is 5.35. The van der Waals surface area contributed by atoms with Crippen LogP contribution in [0.25, 0.3) is 0 Å². The first kappa shape index (κ1) is 23.9. The molecule has 0 radical (unpaired) electrons. The summed E-state index contributed by atoms with van der Waals surface area (Å²) in [7, 11) is 0. The highest BCUT2D eigenvalue weighted by Crippen LogP contribution is 2.31. The number of amides is 2. The lowest BCUT2D eigenvalue weighted by molar-refractivity contribution is -0.137. The van der Waals surface area contributed by atoms with Crippen molar-refractivity contribution in [1.29, 1.82) is 0 Å². The first-order valence-electron chi connectivity index (χ1n) is 9.84. The van der Waals surface area contributed by atoms with Gasteiger partial charge in [0, 0.05) is 5.56 Å². The van der Waals surface area contributed by atoms with Crippen LogP contribution >= 0.6 is 0 Å². The second kappa shape index (κ2) is 11.2. The van der Waals surface area contributed by atoms with Gasteiger partial charge in [0.1, 0.15) is 0 Å². The first-order chi connectivity index (χ1) is 14.7. The molecule has 31 heavy (non-hydrogen) atoms. The predicted octanol–water partition coefficient (Wildman–Crippen LogP) is 4.91. The van der Waals surface area contributed by atoms with Crippen molar-refractivity contribution in [3.05, 3.63) is 59.2 Å². The Balaban J connectivity index is 1.92. The molecule has 2 aromatic carbocycles. The van der Waals surface area contributed by atoms with Crippen molar-refractivity contribution < 1.29 is 27.4 Å². The van der Waals surface area contributed by atoms with E-state index in [0.29, 0.717) is 24.7 Å². The number of nitrogens with one attached hydrogen (secondary N) is 2. The molecule has 0 heterocycles. The number of alkyl halides is 3. The highest BCUT2D eigenvalue weighted by molar-refractivity contribution is 5.74. The first-order valence-corrected chi connectivity index (χ1v) is 9.84. The van der Waals surface area contributed by atoms with Crippen molar-refractivity contribution >= 4 is 6.03 Å². The molecular weight excluding hydrogens is 409 g/mol. The molecule has 2 N–H and O–H groups in total. The maximum atomic E-state index is 12.7. The van der Waals surface area contributed by atoms with Gasteiger partial charge in [-0.1, -0.05) is 24.0 Å². The zero-order valence-corrected chi connectivity index (χ0v) is 17.6. The normalized spacial score (nSPS) is 11.7. The van der Waals surface area contributed by atoms with Crippen LogP contribution in [0.1, 0.15) is 43.5 Å². The molecule has 8 heteroatoms. The molecule has 2 aromatic rings. The number of rotatable bonds is 7. The summed E-state index contributed by atoms with van der Waals surface area (Å²) < 4.78 is 49.3. The molecule has 166 valence electrons. The lowest BCUT2D eigenvalue weighted by Gasteiger charge is -2.17. The number of carbonyl (C=O) groups is 1. The molecule has 1 atom stereocenters. The lowest BCUT2D eigenvalue weighted by atomic mass is 10.1. The Labute approximate surface area is 179 Å². The van der Waals surface area contributed by atoms with Gasteiger partial charge >= 0.3 is 12.2 Å². The quantitative estimate of drug-likeness (QED) is 0.609. The van der Waals surface area contributed by atoms with E-state index in [1.165, 1.54) is 12.1 Å². The molecule has 0 saturated carbocycles. The summed E-state index contributed by atoms with van der Waals surface area (Å²) in [5.41, 5.74) is 0.293. The number of carbonyl (C=O) groups excluding carboxylic acids is 1. The average molecular weight is 434 g/mol. The van der Waals surface area contributed by atoms with Gasteiger partial charge in [0.15, 0.2) is 11.5 Å². The minimum Gasteiger partial charge on any atom is -0.490 e. The van der Waals surface area contributed by atoms with E-state index in [4.69, 9.17) is 9.47 Å². The van der Waals surface area contributed by atoms with Gasteiger partial charge in [0.2, 0.25) is 0 Å². The van der Waals surface area contributed by atoms with Crippen molar-refractivity contribution in [1.82, 2.24) is 10.6 Å². The van der Waals surface area contributed by atoms with Gasteiger partial charge in [-0.2, -0.15) is 13.2 Å². The molecule has 1 unspecified atom stereocenters. The second-order valence-corrected chi connectivity index (χ2v) is 6.50. The standard InChI is InChI=1S/C23H25F3N2O3/c1-4-30-20-12-11-18(15-21(20)31-5-2)16(3)28-22(29)27-13-7-9-17-8-6-10-19(14-17)23(24,25)26/h6,8,10-12,14-16H,4-5,13H2,1-3H3,(H2,27,28,29). The van der Waals surface area contributed by atoms with Crippen molar-refractivity contribution in [3.8, 4) is 23.3 Å². The molecule has 0 aliphatic rings. The van der Waals surface area contributed by atoms with Gasteiger partial charge in [0.25, 0.3) is 0 Å². The number of urea groups is 1. The molecule has 0 spiro atoms. The third-order valence-corrected chi connectivity index (χ3v) is 4.18. The number of ether oxygens (including phenoxy) is 2. The van der Waals surface area contributed by atoms with Crippen LogP contribution in [0.4, 0.5) is 18.0 Å². The smallest absolute Gasteiger partial charge is 0.416 e.